The molecule has 0 saturated carbocycles. The molecule has 6 nitrogen and oxygen atoms in total. The monoisotopic (exact) mass is 342 g/mol. The van der Waals surface area contributed by atoms with E-state index in [2.05, 4.69) is 19.2 Å². The highest BCUT2D eigenvalue weighted by Gasteiger charge is 2.26. The zero-order valence-electron chi connectivity index (χ0n) is 15.6. The van der Waals surface area contributed by atoms with Crippen LogP contribution in [0.3, 0.4) is 0 Å². The van der Waals surface area contributed by atoms with Crippen LogP contribution in [-0.2, 0) is 14.4 Å². The standard InChI is InChI=1S/C18H34N2O4/c1-5-7-11-20(12-8-6-2)18(24)15(9-10-17(22)23)19-16(21)13-14(3)4/h14-15H,5-13H2,1-4H3,(H,19,21)(H,22,23)/t15-/m0/s1. The number of carboxylic acid groups (broad SMARTS) is 1. The molecule has 0 aromatic rings. The number of hydrogen-bond acceptors (Lipinski definition) is 3. The molecule has 0 aliphatic carbocycles. The van der Waals surface area contributed by atoms with E-state index in [0.717, 1.165) is 25.7 Å². The zero-order chi connectivity index (χ0) is 18.5. The van der Waals surface area contributed by atoms with Gasteiger partial charge in [0.15, 0.2) is 0 Å². The Morgan fingerprint density at radius 3 is 2.00 bits per heavy atom. The highest BCUT2D eigenvalue weighted by atomic mass is 16.4. The lowest BCUT2D eigenvalue weighted by Gasteiger charge is -2.28. The molecule has 0 aliphatic rings. The number of nitrogens with zero attached hydrogens (tertiary/aromatic N) is 1. The molecule has 0 aromatic heterocycles. The van der Waals surface area contributed by atoms with Crippen molar-refractivity contribution in [3.8, 4) is 0 Å². The molecule has 140 valence electrons. The number of amides is 2. The molecule has 0 rings (SSSR count). The quantitative estimate of drug-likeness (QED) is 0.539. The van der Waals surface area contributed by atoms with Gasteiger partial charge in [-0.25, -0.2) is 0 Å². The minimum atomic E-state index is -0.959. The maximum Gasteiger partial charge on any atom is 0.303 e. The van der Waals surface area contributed by atoms with E-state index < -0.39 is 12.0 Å². The van der Waals surface area contributed by atoms with Crippen LogP contribution in [0, 0.1) is 5.92 Å². The van der Waals surface area contributed by atoms with Gasteiger partial charge in [-0.1, -0.05) is 40.5 Å². The molecular formula is C18H34N2O4. The normalized spacial score (nSPS) is 12.0. The van der Waals surface area contributed by atoms with Crippen molar-refractivity contribution in [2.45, 2.75) is 78.7 Å². The molecule has 24 heavy (non-hydrogen) atoms. The van der Waals surface area contributed by atoms with Gasteiger partial charge >= 0.3 is 5.97 Å². The molecule has 2 amide bonds. The molecule has 0 heterocycles. The third kappa shape index (κ3) is 10.2. The first-order chi connectivity index (χ1) is 11.3. The second-order valence-electron chi connectivity index (χ2n) is 6.68. The topological polar surface area (TPSA) is 86.7 Å². The van der Waals surface area contributed by atoms with Crippen LogP contribution in [0.1, 0.15) is 72.6 Å². The van der Waals surface area contributed by atoms with Gasteiger partial charge in [0.1, 0.15) is 6.04 Å². The van der Waals surface area contributed by atoms with Gasteiger partial charge in [-0.3, -0.25) is 14.4 Å². The molecule has 2 N–H and O–H groups in total. The third-order valence-corrected chi connectivity index (χ3v) is 3.75. The van der Waals surface area contributed by atoms with Crippen LogP contribution < -0.4 is 5.32 Å². The van der Waals surface area contributed by atoms with Crippen LogP contribution in [0.15, 0.2) is 0 Å². The molecule has 0 bridgehead atoms. The van der Waals surface area contributed by atoms with Crippen molar-refractivity contribution in [3.63, 3.8) is 0 Å². The zero-order valence-corrected chi connectivity index (χ0v) is 15.6. The summed E-state index contributed by atoms with van der Waals surface area (Å²) >= 11 is 0. The largest absolute Gasteiger partial charge is 0.481 e. The summed E-state index contributed by atoms with van der Waals surface area (Å²) in [5, 5.41) is 11.7. The Balaban J connectivity index is 4.98. The predicted molar refractivity (Wildman–Crippen MR) is 94.7 cm³/mol. The second-order valence-corrected chi connectivity index (χ2v) is 6.68. The van der Waals surface area contributed by atoms with E-state index in [1.54, 1.807) is 4.90 Å². The van der Waals surface area contributed by atoms with Crippen molar-refractivity contribution in [2.75, 3.05) is 13.1 Å². The van der Waals surface area contributed by atoms with E-state index in [-0.39, 0.29) is 30.6 Å². The van der Waals surface area contributed by atoms with Gasteiger partial charge in [0.25, 0.3) is 0 Å². The fourth-order valence-electron chi connectivity index (χ4n) is 2.40. The average molecular weight is 342 g/mol. The van der Waals surface area contributed by atoms with E-state index in [9.17, 15) is 14.4 Å². The lowest BCUT2D eigenvalue weighted by Crippen LogP contribution is -2.49. The summed E-state index contributed by atoms with van der Waals surface area (Å²) < 4.78 is 0. The first kappa shape index (κ1) is 22.4. The SMILES string of the molecule is CCCCN(CCCC)C(=O)[C@H](CCC(=O)O)NC(=O)CC(C)C. The minimum absolute atomic E-state index is 0.131. The van der Waals surface area contributed by atoms with Crippen molar-refractivity contribution in [1.82, 2.24) is 10.2 Å². The molecule has 0 aliphatic heterocycles. The van der Waals surface area contributed by atoms with E-state index in [0.29, 0.717) is 19.5 Å². The Bertz CT molecular complexity index is 388. The minimum Gasteiger partial charge on any atom is -0.481 e. The molecule has 0 unspecified atom stereocenters. The first-order valence-corrected chi connectivity index (χ1v) is 9.11. The van der Waals surface area contributed by atoms with E-state index in [4.69, 9.17) is 5.11 Å². The maximum absolute atomic E-state index is 12.8. The number of hydrogen-bond donors (Lipinski definition) is 2. The van der Waals surface area contributed by atoms with E-state index in [1.807, 2.05) is 13.8 Å². The highest BCUT2D eigenvalue weighted by Crippen LogP contribution is 2.09. The van der Waals surface area contributed by atoms with Crippen molar-refractivity contribution >= 4 is 17.8 Å². The number of carboxylic acids is 1. The Morgan fingerprint density at radius 2 is 1.58 bits per heavy atom. The summed E-state index contributed by atoms with van der Waals surface area (Å²) in [4.78, 5) is 37.5. The summed E-state index contributed by atoms with van der Waals surface area (Å²) in [5.41, 5.74) is 0. The number of nitrogens with one attached hydrogen (secondary N) is 1. The molecule has 0 fully saturated rings. The number of aliphatic carboxylic acids is 1. The highest BCUT2D eigenvalue weighted by molar-refractivity contribution is 5.88. The van der Waals surface area contributed by atoms with Gasteiger partial charge in [-0.2, -0.15) is 0 Å². The van der Waals surface area contributed by atoms with Crippen LogP contribution >= 0.6 is 0 Å². The molecule has 1 atom stereocenters. The lowest BCUT2D eigenvalue weighted by atomic mass is 10.1. The first-order valence-electron chi connectivity index (χ1n) is 9.11. The Labute approximate surface area is 146 Å². The van der Waals surface area contributed by atoms with Crippen molar-refractivity contribution in [2.24, 2.45) is 5.92 Å². The Kier molecular flexibility index (Phi) is 11.9. The summed E-state index contributed by atoms with van der Waals surface area (Å²) in [6.07, 6.45) is 4.11. The molecule has 0 spiro atoms. The summed E-state index contributed by atoms with van der Waals surface area (Å²) in [5.74, 6) is -1.12. The van der Waals surface area contributed by atoms with Crippen LogP contribution in [-0.4, -0.2) is 46.9 Å². The van der Waals surface area contributed by atoms with Gasteiger partial charge in [0, 0.05) is 25.9 Å². The van der Waals surface area contributed by atoms with Crippen LogP contribution in [0.25, 0.3) is 0 Å². The average Bonchev–Trinajstić information content (AvgIpc) is 2.50. The Morgan fingerprint density at radius 1 is 1.04 bits per heavy atom. The van der Waals surface area contributed by atoms with Gasteiger partial charge in [0.2, 0.25) is 11.8 Å². The molecule has 0 aromatic carbocycles. The fraction of sp³-hybridized carbons (Fsp3) is 0.833. The van der Waals surface area contributed by atoms with Gasteiger partial charge in [-0.15, -0.1) is 0 Å². The van der Waals surface area contributed by atoms with E-state index >= 15 is 0 Å². The lowest BCUT2D eigenvalue weighted by molar-refractivity contribution is -0.139. The summed E-state index contributed by atoms with van der Waals surface area (Å²) in [6.45, 7) is 9.30. The molecule has 0 saturated heterocycles. The second kappa shape index (κ2) is 12.8. The number of unbranched alkanes of at least 4 members (excludes halogenated alkanes) is 2. The molecule has 0 radical (unpaired) electrons. The third-order valence-electron chi connectivity index (χ3n) is 3.75. The number of rotatable bonds is 13. The van der Waals surface area contributed by atoms with Crippen molar-refractivity contribution in [3.05, 3.63) is 0 Å². The predicted octanol–water partition coefficient (Wildman–Crippen LogP) is 2.81. The fourth-order valence-corrected chi connectivity index (χ4v) is 2.40. The van der Waals surface area contributed by atoms with Crippen molar-refractivity contribution < 1.29 is 19.5 Å². The number of carbonyl (C=O) groups excluding carboxylic acids is 2. The summed E-state index contributed by atoms with van der Waals surface area (Å²) in [6, 6.07) is -0.749. The smallest absolute Gasteiger partial charge is 0.303 e. The van der Waals surface area contributed by atoms with Gasteiger partial charge in [-0.05, 0) is 25.2 Å². The molecular weight excluding hydrogens is 308 g/mol. The summed E-state index contributed by atoms with van der Waals surface area (Å²) in [7, 11) is 0. The van der Waals surface area contributed by atoms with Crippen LogP contribution in [0.5, 0.6) is 0 Å². The van der Waals surface area contributed by atoms with Crippen LogP contribution in [0.2, 0.25) is 0 Å². The number of carbonyl (C=O) groups is 3. The molecule has 6 heteroatoms. The van der Waals surface area contributed by atoms with Gasteiger partial charge < -0.3 is 15.3 Å². The maximum atomic E-state index is 12.8. The van der Waals surface area contributed by atoms with Crippen LogP contribution in [0.4, 0.5) is 0 Å². The van der Waals surface area contributed by atoms with Gasteiger partial charge in [0.05, 0.1) is 0 Å². The van der Waals surface area contributed by atoms with E-state index in [1.165, 1.54) is 0 Å². The Hall–Kier alpha value is -1.59. The van der Waals surface area contributed by atoms with Crippen molar-refractivity contribution in [1.29, 1.82) is 0 Å².